The summed E-state index contributed by atoms with van der Waals surface area (Å²) in [7, 11) is 0. The number of aliphatic hydroxyl groups is 1. The Balaban J connectivity index is 2.22. The molecule has 4 heteroatoms. The zero-order valence-electron chi connectivity index (χ0n) is 5.91. The third kappa shape index (κ3) is 1.68. The summed E-state index contributed by atoms with van der Waals surface area (Å²) >= 11 is 0. The molecule has 0 aliphatic carbocycles. The minimum atomic E-state index is -0.271. The van der Waals surface area contributed by atoms with E-state index >= 15 is 0 Å². The third-order valence-electron chi connectivity index (χ3n) is 1.24. The summed E-state index contributed by atoms with van der Waals surface area (Å²) in [5.41, 5.74) is 0.651. The van der Waals surface area contributed by atoms with E-state index < -0.39 is 0 Å². The molecular formula is C6H11NO3. The van der Waals surface area contributed by atoms with Gasteiger partial charge in [-0.1, -0.05) is 5.16 Å². The van der Waals surface area contributed by atoms with E-state index in [2.05, 4.69) is 5.16 Å². The van der Waals surface area contributed by atoms with Crippen LogP contribution in [0.5, 0.6) is 0 Å². The highest BCUT2D eigenvalue weighted by molar-refractivity contribution is 5.86. The number of hydrogen-bond donors (Lipinski definition) is 1. The molecule has 4 nitrogen and oxygen atoms in total. The van der Waals surface area contributed by atoms with Gasteiger partial charge in [-0.15, -0.1) is 0 Å². The first-order chi connectivity index (χ1) is 4.86. The molecule has 1 rings (SSSR count). The van der Waals surface area contributed by atoms with Gasteiger partial charge in [0.05, 0.1) is 18.7 Å². The largest absolute Gasteiger partial charge is 0.390 e. The smallest absolute Gasteiger partial charge is 0.232 e. The number of nitrogens with zero attached hydrogens (tertiary/aromatic N) is 1. The van der Waals surface area contributed by atoms with Gasteiger partial charge in [0, 0.05) is 6.61 Å². The van der Waals surface area contributed by atoms with Crippen LogP contribution in [0.1, 0.15) is 13.3 Å². The SMILES string of the molecule is CCOC1CC(CO)=NO1. The van der Waals surface area contributed by atoms with Crippen LogP contribution in [0.3, 0.4) is 0 Å². The van der Waals surface area contributed by atoms with Gasteiger partial charge >= 0.3 is 0 Å². The van der Waals surface area contributed by atoms with Crippen molar-refractivity contribution in [2.45, 2.75) is 19.6 Å². The second kappa shape index (κ2) is 3.53. The van der Waals surface area contributed by atoms with Crippen LogP contribution < -0.4 is 0 Å². The molecule has 0 saturated carbocycles. The Bertz CT molecular complexity index is 135. The van der Waals surface area contributed by atoms with Crippen molar-refractivity contribution >= 4 is 5.71 Å². The molecule has 0 aromatic heterocycles. The Morgan fingerprint density at radius 1 is 1.90 bits per heavy atom. The highest BCUT2D eigenvalue weighted by Gasteiger charge is 2.19. The van der Waals surface area contributed by atoms with Gasteiger partial charge in [-0.25, -0.2) is 0 Å². The number of aliphatic hydroxyl groups excluding tert-OH is 1. The van der Waals surface area contributed by atoms with Crippen LogP contribution in [-0.2, 0) is 9.57 Å². The third-order valence-corrected chi connectivity index (χ3v) is 1.24. The van der Waals surface area contributed by atoms with Gasteiger partial charge in [-0.05, 0) is 6.92 Å². The highest BCUT2D eigenvalue weighted by Crippen LogP contribution is 2.10. The fraction of sp³-hybridized carbons (Fsp3) is 0.833. The van der Waals surface area contributed by atoms with E-state index in [9.17, 15) is 0 Å². The van der Waals surface area contributed by atoms with E-state index in [0.29, 0.717) is 18.7 Å². The molecule has 10 heavy (non-hydrogen) atoms. The second-order valence-electron chi connectivity index (χ2n) is 2.01. The summed E-state index contributed by atoms with van der Waals surface area (Å²) in [4.78, 5) is 4.80. The van der Waals surface area contributed by atoms with Crippen molar-refractivity contribution in [1.82, 2.24) is 0 Å². The lowest BCUT2D eigenvalue weighted by Crippen LogP contribution is -2.13. The van der Waals surface area contributed by atoms with Crippen molar-refractivity contribution in [2.24, 2.45) is 5.16 Å². The van der Waals surface area contributed by atoms with Gasteiger partial charge in [-0.3, -0.25) is 0 Å². The Kier molecular flexibility index (Phi) is 2.65. The molecule has 1 N–H and O–H groups in total. The maximum atomic E-state index is 8.59. The van der Waals surface area contributed by atoms with Gasteiger partial charge in [0.25, 0.3) is 0 Å². The number of ether oxygens (including phenoxy) is 1. The van der Waals surface area contributed by atoms with Crippen LogP contribution in [0.2, 0.25) is 0 Å². The van der Waals surface area contributed by atoms with E-state index in [4.69, 9.17) is 14.7 Å². The summed E-state index contributed by atoms with van der Waals surface area (Å²) in [5.74, 6) is 0. The Morgan fingerprint density at radius 2 is 2.70 bits per heavy atom. The van der Waals surface area contributed by atoms with Crippen molar-refractivity contribution in [3.8, 4) is 0 Å². The molecule has 0 radical (unpaired) electrons. The van der Waals surface area contributed by atoms with Crippen molar-refractivity contribution in [3.05, 3.63) is 0 Å². The molecule has 0 aromatic rings. The molecular weight excluding hydrogens is 134 g/mol. The predicted molar refractivity (Wildman–Crippen MR) is 35.6 cm³/mol. The van der Waals surface area contributed by atoms with Crippen molar-refractivity contribution in [3.63, 3.8) is 0 Å². The topological polar surface area (TPSA) is 51.0 Å². The first kappa shape index (κ1) is 7.50. The van der Waals surface area contributed by atoms with E-state index in [-0.39, 0.29) is 12.9 Å². The lowest BCUT2D eigenvalue weighted by molar-refractivity contribution is -0.120. The highest BCUT2D eigenvalue weighted by atomic mass is 16.8. The van der Waals surface area contributed by atoms with Crippen LogP contribution in [0.25, 0.3) is 0 Å². The zero-order valence-corrected chi connectivity index (χ0v) is 5.91. The Hall–Kier alpha value is -0.610. The molecule has 1 atom stereocenters. The van der Waals surface area contributed by atoms with E-state index in [0.717, 1.165) is 0 Å². The van der Waals surface area contributed by atoms with E-state index in [1.165, 1.54) is 0 Å². The molecule has 0 spiro atoms. The molecule has 1 aliphatic rings. The van der Waals surface area contributed by atoms with Crippen LogP contribution in [0.4, 0.5) is 0 Å². The average molecular weight is 145 g/mol. The van der Waals surface area contributed by atoms with Gasteiger partial charge < -0.3 is 14.7 Å². The van der Waals surface area contributed by atoms with Crippen molar-refractivity contribution in [2.75, 3.05) is 13.2 Å². The summed E-state index contributed by atoms with van der Waals surface area (Å²) in [6.45, 7) is 2.46. The minimum Gasteiger partial charge on any atom is -0.390 e. The normalized spacial score (nSPS) is 24.2. The number of oxime groups is 1. The van der Waals surface area contributed by atoms with Crippen LogP contribution in [0, 0.1) is 0 Å². The van der Waals surface area contributed by atoms with E-state index in [1.807, 2.05) is 6.92 Å². The Labute approximate surface area is 59.4 Å². The lowest BCUT2D eigenvalue weighted by atomic mass is 10.3. The average Bonchev–Trinajstić information content (AvgIpc) is 2.37. The summed E-state index contributed by atoms with van der Waals surface area (Å²) < 4.78 is 5.09. The number of hydrogen-bond acceptors (Lipinski definition) is 4. The zero-order chi connectivity index (χ0) is 7.40. The Morgan fingerprint density at radius 3 is 3.20 bits per heavy atom. The fourth-order valence-corrected chi connectivity index (χ4v) is 0.769. The molecule has 0 bridgehead atoms. The lowest BCUT2D eigenvalue weighted by Gasteiger charge is -2.05. The quantitative estimate of drug-likeness (QED) is 0.613. The first-order valence-electron chi connectivity index (χ1n) is 3.30. The van der Waals surface area contributed by atoms with Gasteiger partial charge in [0.2, 0.25) is 6.29 Å². The molecule has 1 aliphatic heterocycles. The van der Waals surface area contributed by atoms with E-state index in [1.54, 1.807) is 0 Å². The van der Waals surface area contributed by atoms with Crippen LogP contribution in [0.15, 0.2) is 5.16 Å². The first-order valence-corrected chi connectivity index (χ1v) is 3.30. The van der Waals surface area contributed by atoms with Crippen LogP contribution in [-0.4, -0.2) is 30.3 Å². The summed E-state index contributed by atoms with van der Waals surface area (Å²) in [6, 6.07) is 0. The maximum Gasteiger partial charge on any atom is 0.232 e. The molecule has 1 unspecified atom stereocenters. The molecule has 0 saturated heterocycles. The molecule has 0 amide bonds. The predicted octanol–water partition coefficient (Wildman–Crippen LogP) is 0.118. The fourth-order valence-electron chi connectivity index (χ4n) is 0.769. The molecule has 0 aromatic carbocycles. The summed E-state index contributed by atoms with van der Waals surface area (Å²) in [6.07, 6.45) is 0.316. The minimum absolute atomic E-state index is 0.0381. The molecule has 1 heterocycles. The summed E-state index contributed by atoms with van der Waals surface area (Å²) in [5, 5.41) is 12.2. The van der Waals surface area contributed by atoms with Crippen molar-refractivity contribution in [1.29, 1.82) is 0 Å². The monoisotopic (exact) mass is 145 g/mol. The number of rotatable bonds is 3. The van der Waals surface area contributed by atoms with Gasteiger partial charge in [0.15, 0.2) is 0 Å². The van der Waals surface area contributed by atoms with Gasteiger partial charge in [-0.2, -0.15) is 0 Å². The molecule has 0 fully saturated rings. The van der Waals surface area contributed by atoms with Gasteiger partial charge in [0.1, 0.15) is 0 Å². The second-order valence-corrected chi connectivity index (χ2v) is 2.01. The van der Waals surface area contributed by atoms with Crippen molar-refractivity contribution < 1.29 is 14.7 Å². The molecule has 58 valence electrons. The standard InChI is InChI=1S/C6H11NO3/c1-2-9-6-3-5(4-8)7-10-6/h6,8H,2-4H2,1H3. The van der Waals surface area contributed by atoms with Crippen LogP contribution >= 0.6 is 0 Å². The maximum absolute atomic E-state index is 8.59.